The van der Waals surface area contributed by atoms with Gasteiger partial charge in [0.15, 0.2) is 0 Å². The van der Waals surface area contributed by atoms with Crippen LogP contribution in [0.15, 0.2) is 18.3 Å². The number of pyridine rings is 1. The Morgan fingerprint density at radius 3 is 3.06 bits per heavy atom. The van der Waals surface area contributed by atoms with E-state index < -0.39 is 0 Å². The van der Waals surface area contributed by atoms with E-state index in [9.17, 15) is 0 Å². The minimum absolute atomic E-state index is 0.244. The van der Waals surface area contributed by atoms with Crippen molar-refractivity contribution in [3.8, 4) is 0 Å². The molecule has 2 unspecified atom stereocenters. The number of nitrogens with zero attached hydrogens (tertiary/aromatic N) is 2. The zero-order valence-corrected chi connectivity index (χ0v) is 11.6. The molecule has 0 amide bonds. The number of aromatic nitrogens is 1. The molecule has 2 atom stereocenters. The average Bonchev–Trinajstić information content (AvgIpc) is 2.40. The summed E-state index contributed by atoms with van der Waals surface area (Å²) in [5.74, 6) is 1.16. The van der Waals surface area contributed by atoms with Crippen LogP contribution in [0.3, 0.4) is 0 Å². The summed E-state index contributed by atoms with van der Waals surface area (Å²) in [7, 11) is 0. The maximum atomic E-state index is 6.09. The fraction of sp³-hybridized carbons (Fsp3) is 0.667. The number of nitrogens with two attached hydrogens (primary N) is 1. The van der Waals surface area contributed by atoms with Crippen LogP contribution in [0.25, 0.3) is 0 Å². The third-order valence-electron chi connectivity index (χ3n) is 3.95. The first-order chi connectivity index (χ1) is 8.72. The summed E-state index contributed by atoms with van der Waals surface area (Å²) < 4.78 is 0. The molecule has 0 aliphatic carbocycles. The van der Waals surface area contributed by atoms with Gasteiger partial charge >= 0.3 is 0 Å². The maximum Gasteiger partial charge on any atom is 0.131 e. The molecule has 2 heterocycles. The summed E-state index contributed by atoms with van der Waals surface area (Å²) in [6.45, 7) is 5.58. The Morgan fingerprint density at radius 1 is 1.50 bits per heavy atom. The van der Waals surface area contributed by atoms with E-state index in [1.54, 1.807) is 0 Å². The van der Waals surface area contributed by atoms with Gasteiger partial charge in [0.2, 0.25) is 0 Å². The Bertz CT molecular complexity index is 378. The molecule has 0 spiro atoms. The topological polar surface area (TPSA) is 42.1 Å². The van der Waals surface area contributed by atoms with Crippen molar-refractivity contribution in [2.45, 2.75) is 58.0 Å². The number of hydrogen-bond acceptors (Lipinski definition) is 3. The molecule has 100 valence electrons. The van der Waals surface area contributed by atoms with Crippen molar-refractivity contribution in [2.75, 3.05) is 11.4 Å². The Labute approximate surface area is 110 Å². The summed E-state index contributed by atoms with van der Waals surface area (Å²) in [5.41, 5.74) is 7.40. The summed E-state index contributed by atoms with van der Waals surface area (Å²) in [5, 5.41) is 0. The van der Waals surface area contributed by atoms with Crippen molar-refractivity contribution in [3.05, 3.63) is 23.9 Å². The van der Waals surface area contributed by atoms with Crippen LogP contribution < -0.4 is 10.6 Å². The van der Waals surface area contributed by atoms with Gasteiger partial charge < -0.3 is 10.6 Å². The van der Waals surface area contributed by atoms with Crippen molar-refractivity contribution < 1.29 is 0 Å². The van der Waals surface area contributed by atoms with Crippen LogP contribution in [-0.4, -0.2) is 23.6 Å². The molecule has 0 bridgehead atoms. The zero-order chi connectivity index (χ0) is 13.0. The fourth-order valence-electron chi connectivity index (χ4n) is 2.69. The summed E-state index contributed by atoms with van der Waals surface area (Å²) in [6.07, 6.45) is 7.74. The van der Waals surface area contributed by atoms with Gasteiger partial charge in [-0.05, 0) is 50.7 Å². The first kappa shape index (κ1) is 13.3. The van der Waals surface area contributed by atoms with E-state index in [4.69, 9.17) is 5.73 Å². The quantitative estimate of drug-likeness (QED) is 0.889. The third kappa shape index (κ3) is 3.02. The fourth-order valence-corrected chi connectivity index (χ4v) is 2.69. The van der Waals surface area contributed by atoms with E-state index in [1.807, 2.05) is 12.3 Å². The van der Waals surface area contributed by atoms with Crippen molar-refractivity contribution in [3.63, 3.8) is 0 Å². The molecular weight excluding hydrogens is 222 g/mol. The van der Waals surface area contributed by atoms with Crippen LogP contribution in [-0.2, 0) is 6.42 Å². The Morgan fingerprint density at radius 2 is 2.33 bits per heavy atom. The van der Waals surface area contributed by atoms with Gasteiger partial charge in [0.25, 0.3) is 0 Å². The second kappa shape index (κ2) is 6.19. The van der Waals surface area contributed by atoms with Gasteiger partial charge in [-0.2, -0.15) is 0 Å². The summed E-state index contributed by atoms with van der Waals surface area (Å²) in [4.78, 5) is 7.07. The van der Waals surface area contributed by atoms with Gasteiger partial charge in [-0.3, -0.25) is 0 Å². The second-order valence-electron chi connectivity index (χ2n) is 5.40. The molecular formula is C15H25N3. The predicted octanol–water partition coefficient (Wildman–Crippen LogP) is 2.74. The molecule has 0 radical (unpaired) electrons. The molecule has 1 aliphatic heterocycles. The normalized spacial score (nSPS) is 21.9. The Hall–Kier alpha value is -1.09. The highest BCUT2D eigenvalue weighted by Gasteiger charge is 2.22. The van der Waals surface area contributed by atoms with Crippen molar-refractivity contribution in [1.82, 2.24) is 4.98 Å². The number of piperidine rings is 1. The second-order valence-corrected chi connectivity index (χ2v) is 5.40. The van der Waals surface area contributed by atoms with E-state index >= 15 is 0 Å². The van der Waals surface area contributed by atoms with E-state index in [1.165, 1.54) is 24.8 Å². The highest BCUT2D eigenvalue weighted by atomic mass is 15.2. The van der Waals surface area contributed by atoms with Crippen molar-refractivity contribution in [2.24, 2.45) is 5.73 Å². The molecule has 2 rings (SSSR count). The zero-order valence-electron chi connectivity index (χ0n) is 11.6. The molecule has 3 nitrogen and oxygen atoms in total. The first-order valence-electron chi connectivity index (χ1n) is 7.18. The Kier molecular flexibility index (Phi) is 4.59. The molecule has 2 N–H and O–H groups in total. The lowest BCUT2D eigenvalue weighted by Gasteiger charge is -2.35. The molecule has 0 saturated carbocycles. The lowest BCUT2D eigenvalue weighted by atomic mass is 10.0. The van der Waals surface area contributed by atoms with Crippen LogP contribution in [0.2, 0.25) is 0 Å². The monoisotopic (exact) mass is 247 g/mol. The van der Waals surface area contributed by atoms with Gasteiger partial charge in [0.05, 0.1) is 0 Å². The van der Waals surface area contributed by atoms with E-state index in [0.29, 0.717) is 6.04 Å². The number of rotatable bonds is 4. The van der Waals surface area contributed by atoms with Crippen LogP contribution in [0, 0.1) is 0 Å². The van der Waals surface area contributed by atoms with Crippen molar-refractivity contribution in [1.29, 1.82) is 0 Å². The lowest BCUT2D eigenvalue weighted by Crippen LogP contribution is -2.39. The van der Waals surface area contributed by atoms with Crippen molar-refractivity contribution >= 4 is 5.82 Å². The molecule has 1 aromatic heterocycles. The SMILES string of the molecule is CCC(N)Cc1cccnc1N1CCCCC1C. The van der Waals surface area contributed by atoms with Gasteiger partial charge in [-0.1, -0.05) is 13.0 Å². The minimum atomic E-state index is 0.244. The molecule has 1 aromatic rings. The van der Waals surface area contributed by atoms with Crippen LogP contribution in [0.5, 0.6) is 0 Å². The van der Waals surface area contributed by atoms with E-state index in [-0.39, 0.29) is 6.04 Å². The first-order valence-corrected chi connectivity index (χ1v) is 7.18. The van der Waals surface area contributed by atoms with Gasteiger partial charge in [0.1, 0.15) is 5.82 Å². The van der Waals surface area contributed by atoms with E-state index in [0.717, 1.165) is 25.2 Å². The molecule has 0 aromatic carbocycles. The van der Waals surface area contributed by atoms with Gasteiger partial charge in [-0.25, -0.2) is 4.98 Å². The summed E-state index contributed by atoms with van der Waals surface area (Å²) in [6, 6.07) is 5.05. The number of hydrogen-bond donors (Lipinski definition) is 1. The molecule has 18 heavy (non-hydrogen) atoms. The molecule has 1 saturated heterocycles. The maximum absolute atomic E-state index is 6.09. The van der Waals surface area contributed by atoms with Crippen LogP contribution >= 0.6 is 0 Å². The highest BCUT2D eigenvalue weighted by molar-refractivity contribution is 5.48. The van der Waals surface area contributed by atoms with Crippen LogP contribution in [0.4, 0.5) is 5.82 Å². The smallest absolute Gasteiger partial charge is 0.131 e. The van der Waals surface area contributed by atoms with Gasteiger partial charge in [-0.15, -0.1) is 0 Å². The molecule has 1 aliphatic rings. The largest absolute Gasteiger partial charge is 0.354 e. The minimum Gasteiger partial charge on any atom is -0.354 e. The Balaban J connectivity index is 2.20. The van der Waals surface area contributed by atoms with Gasteiger partial charge in [0, 0.05) is 24.8 Å². The number of anilines is 1. The standard InChI is InChI=1S/C15H25N3/c1-3-14(16)11-13-8-6-9-17-15(13)18-10-5-4-7-12(18)2/h6,8-9,12,14H,3-5,7,10-11,16H2,1-2H3. The third-order valence-corrected chi connectivity index (χ3v) is 3.95. The van der Waals surface area contributed by atoms with Crippen LogP contribution in [0.1, 0.15) is 45.1 Å². The van der Waals surface area contributed by atoms with E-state index in [2.05, 4.69) is 29.8 Å². The lowest BCUT2D eigenvalue weighted by molar-refractivity contribution is 0.479. The molecule has 3 heteroatoms. The highest BCUT2D eigenvalue weighted by Crippen LogP contribution is 2.26. The summed E-state index contributed by atoms with van der Waals surface area (Å²) >= 11 is 0. The average molecular weight is 247 g/mol. The molecule has 1 fully saturated rings. The predicted molar refractivity (Wildman–Crippen MR) is 76.9 cm³/mol.